The maximum absolute atomic E-state index is 12.6. The Hall–Kier alpha value is -2.34. The molecule has 3 rings (SSSR count). The summed E-state index contributed by atoms with van der Waals surface area (Å²) in [5.74, 6) is 0.0341. The molecule has 0 aliphatic carbocycles. The number of halogens is 3. The number of piperazine rings is 1. The minimum absolute atomic E-state index is 0.0341. The summed E-state index contributed by atoms with van der Waals surface area (Å²) >= 11 is 0. The largest absolute Gasteiger partial charge is 0.416 e. The average Bonchev–Trinajstić information content (AvgIpc) is 2.68. The topological polar surface area (TPSA) is 23.6 Å². The van der Waals surface area contributed by atoms with Crippen LogP contribution in [0, 0.1) is 0 Å². The molecule has 0 unspecified atom stereocenters. The Morgan fingerprint density at radius 2 is 1.44 bits per heavy atom. The van der Waals surface area contributed by atoms with Gasteiger partial charge in [-0.25, -0.2) is 0 Å². The van der Waals surface area contributed by atoms with Crippen LogP contribution in [0.1, 0.15) is 34.0 Å². The number of carbonyl (C=O) groups is 1. The molecule has 0 N–H and O–H groups in total. The van der Waals surface area contributed by atoms with Crippen molar-refractivity contribution in [2.24, 2.45) is 0 Å². The van der Waals surface area contributed by atoms with Crippen LogP contribution in [-0.4, -0.2) is 41.9 Å². The van der Waals surface area contributed by atoms with Crippen LogP contribution >= 0.6 is 0 Å². The van der Waals surface area contributed by atoms with Crippen molar-refractivity contribution in [3.63, 3.8) is 0 Å². The standard InChI is InChI=1S/C21H23F3N2O/c1-2-16-3-7-18(8-4-16)20(27)26-13-11-25(12-14-26)15-17-5-9-19(10-6-17)21(22,23)24/h3-10H,2,11-15H2,1H3. The quantitative estimate of drug-likeness (QED) is 0.797. The van der Waals surface area contributed by atoms with Gasteiger partial charge in [0.2, 0.25) is 0 Å². The zero-order valence-electron chi connectivity index (χ0n) is 15.3. The second-order valence-electron chi connectivity index (χ2n) is 6.81. The Morgan fingerprint density at radius 3 is 1.96 bits per heavy atom. The molecule has 1 aliphatic rings. The summed E-state index contributed by atoms with van der Waals surface area (Å²) in [7, 11) is 0. The van der Waals surface area contributed by atoms with Crippen LogP contribution in [0.5, 0.6) is 0 Å². The number of hydrogen-bond acceptors (Lipinski definition) is 2. The first-order chi connectivity index (χ1) is 12.9. The highest BCUT2D eigenvalue weighted by Crippen LogP contribution is 2.29. The molecule has 0 bridgehead atoms. The first kappa shape index (κ1) is 19.4. The van der Waals surface area contributed by atoms with Crippen LogP contribution in [-0.2, 0) is 19.1 Å². The monoisotopic (exact) mass is 376 g/mol. The number of carbonyl (C=O) groups excluding carboxylic acids is 1. The maximum Gasteiger partial charge on any atom is 0.416 e. The summed E-state index contributed by atoms with van der Waals surface area (Å²) in [6, 6.07) is 13.0. The molecule has 0 atom stereocenters. The lowest BCUT2D eigenvalue weighted by Crippen LogP contribution is -2.48. The van der Waals surface area contributed by atoms with Crippen LogP contribution in [0.4, 0.5) is 13.2 Å². The Morgan fingerprint density at radius 1 is 0.889 bits per heavy atom. The van der Waals surface area contributed by atoms with E-state index in [-0.39, 0.29) is 5.91 Å². The van der Waals surface area contributed by atoms with E-state index in [9.17, 15) is 18.0 Å². The summed E-state index contributed by atoms with van der Waals surface area (Å²) in [6.07, 6.45) is -3.36. The van der Waals surface area contributed by atoms with Crippen LogP contribution < -0.4 is 0 Å². The molecule has 1 fully saturated rings. The smallest absolute Gasteiger partial charge is 0.336 e. The molecule has 2 aromatic rings. The molecule has 1 saturated heterocycles. The summed E-state index contributed by atoms with van der Waals surface area (Å²) in [5.41, 5.74) is 2.12. The van der Waals surface area contributed by atoms with Crippen molar-refractivity contribution in [2.75, 3.05) is 26.2 Å². The van der Waals surface area contributed by atoms with Crippen LogP contribution in [0.15, 0.2) is 48.5 Å². The Labute approximate surface area is 157 Å². The fraction of sp³-hybridized carbons (Fsp3) is 0.381. The van der Waals surface area contributed by atoms with E-state index in [1.807, 2.05) is 29.2 Å². The lowest BCUT2D eigenvalue weighted by Gasteiger charge is -2.34. The normalized spacial score (nSPS) is 15.8. The van der Waals surface area contributed by atoms with E-state index in [2.05, 4.69) is 11.8 Å². The predicted octanol–water partition coefficient (Wildman–Crippen LogP) is 4.23. The van der Waals surface area contributed by atoms with Crippen molar-refractivity contribution in [1.29, 1.82) is 0 Å². The molecule has 3 nitrogen and oxygen atoms in total. The number of alkyl halides is 3. The van der Waals surface area contributed by atoms with Crippen molar-refractivity contribution in [1.82, 2.24) is 9.80 Å². The first-order valence-electron chi connectivity index (χ1n) is 9.13. The molecular weight excluding hydrogens is 353 g/mol. The van der Waals surface area contributed by atoms with Gasteiger partial charge < -0.3 is 4.90 Å². The minimum atomic E-state index is -4.31. The summed E-state index contributed by atoms with van der Waals surface area (Å²) in [6.45, 7) is 5.32. The number of benzene rings is 2. The van der Waals surface area contributed by atoms with Gasteiger partial charge in [-0.15, -0.1) is 0 Å². The summed E-state index contributed by atoms with van der Waals surface area (Å²) in [5, 5.41) is 0. The van der Waals surface area contributed by atoms with Gasteiger partial charge in [0.15, 0.2) is 0 Å². The predicted molar refractivity (Wildman–Crippen MR) is 98.4 cm³/mol. The molecule has 0 saturated carbocycles. The van der Waals surface area contributed by atoms with Crippen LogP contribution in [0.2, 0.25) is 0 Å². The molecule has 0 radical (unpaired) electrons. The molecule has 27 heavy (non-hydrogen) atoms. The van der Waals surface area contributed by atoms with Crippen LogP contribution in [0.25, 0.3) is 0 Å². The van der Waals surface area contributed by atoms with E-state index in [0.29, 0.717) is 38.3 Å². The van der Waals surface area contributed by atoms with Gasteiger partial charge in [0.1, 0.15) is 0 Å². The van der Waals surface area contributed by atoms with Gasteiger partial charge >= 0.3 is 6.18 Å². The number of amides is 1. The van der Waals surface area contributed by atoms with E-state index in [4.69, 9.17) is 0 Å². The molecule has 2 aromatic carbocycles. The molecule has 144 valence electrons. The van der Waals surface area contributed by atoms with Crippen molar-refractivity contribution >= 4 is 5.91 Å². The molecular formula is C21H23F3N2O. The fourth-order valence-corrected chi connectivity index (χ4v) is 3.23. The summed E-state index contributed by atoms with van der Waals surface area (Å²) < 4.78 is 37.9. The van der Waals surface area contributed by atoms with Gasteiger partial charge in [0, 0.05) is 38.3 Å². The number of aryl methyl sites for hydroxylation is 1. The molecule has 1 aliphatic heterocycles. The van der Waals surface area contributed by atoms with E-state index in [0.717, 1.165) is 24.1 Å². The molecule has 6 heteroatoms. The third kappa shape index (κ3) is 4.89. The summed E-state index contributed by atoms with van der Waals surface area (Å²) in [4.78, 5) is 16.6. The van der Waals surface area contributed by atoms with Gasteiger partial charge in [-0.05, 0) is 41.8 Å². The van der Waals surface area contributed by atoms with E-state index >= 15 is 0 Å². The highest BCUT2D eigenvalue weighted by Gasteiger charge is 2.30. The second-order valence-corrected chi connectivity index (χ2v) is 6.81. The van der Waals surface area contributed by atoms with Gasteiger partial charge in [0.25, 0.3) is 5.91 Å². The number of hydrogen-bond donors (Lipinski definition) is 0. The number of rotatable bonds is 4. The maximum atomic E-state index is 12.6. The zero-order chi connectivity index (χ0) is 19.4. The van der Waals surface area contributed by atoms with E-state index in [1.54, 1.807) is 0 Å². The second kappa shape index (κ2) is 8.13. The lowest BCUT2D eigenvalue weighted by atomic mass is 10.1. The van der Waals surface area contributed by atoms with Crippen LogP contribution in [0.3, 0.4) is 0 Å². The highest BCUT2D eigenvalue weighted by atomic mass is 19.4. The van der Waals surface area contributed by atoms with Gasteiger partial charge in [-0.1, -0.05) is 31.2 Å². The third-order valence-electron chi connectivity index (χ3n) is 4.96. The Kier molecular flexibility index (Phi) is 5.85. The molecule has 1 amide bonds. The first-order valence-corrected chi connectivity index (χ1v) is 9.13. The van der Waals surface area contributed by atoms with Gasteiger partial charge in [0.05, 0.1) is 5.56 Å². The molecule has 1 heterocycles. The Balaban J connectivity index is 1.53. The van der Waals surface area contributed by atoms with E-state index < -0.39 is 11.7 Å². The fourth-order valence-electron chi connectivity index (χ4n) is 3.23. The molecule has 0 spiro atoms. The van der Waals surface area contributed by atoms with Gasteiger partial charge in [-0.3, -0.25) is 9.69 Å². The zero-order valence-corrected chi connectivity index (χ0v) is 15.3. The van der Waals surface area contributed by atoms with Crippen molar-refractivity contribution in [2.45, 2.75) is 26.1 Å². The lowest BCUT2D eigenvalue weighted by molar-refractivity contribution is -0.137. The van der Waals surface area contributed by atoms with E-state index in [1.165, 1.54) is 17.7 Å². The SMILES string of the molecule is CCc1ccc(C(=O)N2CCN(Cc3ccc(C(F)(F)F)cc3)CC2)cc1. The van der Waals surface area contributed by atoms with Crippen molar-refractivity contribution < 1.29 is 18.0 Å². The van der Waals surface area contributed by atoms with Crippen molar-refractivity contribution in [3.8, 4) is 0 Å². The Bertz CT molecular complexity index is 762. The minimum Gasteiger partial charge on any atom is -0.336 e. The highest BCUT2D eigenvalue weighted by molar-refractivity contribution is 5.94. The van der Waals surface area contributed by atoms with Gasteiger partial charge in [-0.2, -0.15) is 13.2 Å². The molecule has 0 aromatic heterocycles. The van der Waals surface area contributed by atoms with Crippen molar-refractivity contribution in [3.05, 3.63) is 70.8 Å². The number of nitrogens with zero attached hydrogens (tertiary/aromatic N) is 2. The average molecular weight is 376 g/mol. The third-order valence-corrected chi connectivity index (χ3v) is 4.96.